The van der Waals surface area contributed by atoms with E-state index in [1.807, 2.05) is 35.4 Å². The molecule has 0 N–H and O–H groups in total. The third-order valence-corrected chi connectivity index (χ3v) is 5.08. The molecule has 0 aliphatic carbocycles. The Balaban J connectivity index is 2.19. The summed E-state index contributed by atoms with van der Waals surface area (Å²) in [6.45, 7) is 0.878. The summed E-state index contributed by atoms with van der Waals surface area (Å²) in [6, 6.07) is 5.55. The molecule has 2 rings (SSSR count). The normalized spacial score (nSPS) is 17.8. The fourth-order valence-electron chi connectivity index (χ4n) is 2.34. The van der Waals surface area contributed by atoms with E-state index in [0.29, 0.717) is 24.8 Å². The zero-order valence-corrected chi connectivity index (χ0v) is 18.5. The molecule has 1 aromatic rings. The highest BCUT2D eigenvalue weighted by molar-refractivity contribution is 6.67. The van der Waals surface area contributed by atoms with Gasteiger partial charge in [-0.15, -0.1) is 0 Å². The second kappa shape index (κ2) is 9.01. The number of alkyl halides is 6. The van der Waals surface area contributed by atoms with Crippen LogP contribution >= 0.6 is 69.6 Å². The lowest BCUT2D eigenvalue weighted by Crippen LogP contribution is -2.59. The number of nitrogens with zero attached hydrogens (tertiary/aromatic N) is 3. The summed E-state index contributed by atoms with van der Waals surface area (Å²) >= 11 is 36.0. The van der Waals surface area contributed by atoms with Crippen molar-refractivity contribution in [3.63, 3.8) is 0 Å². The molecule has 0 atom stereocenters. The molecular formula is C15H17Cl6N3O2. The van der Waals surface area contributed by atoms with E-state index in [1.165, 1.54) is 0 Å². The SMILES string of the molecule is COc1ccc(C=CN2CN(C(Cl)(Cl)Cl)CN(C(Cl)(Cl)Cl)C2)cc1OC. The third kappa shape index (κ3) is 6.01. The third-order valence-electron chi connectivity index (χ3n) is 3.65. The van der Waals surface area contributed by atoms with Crippen molar-refractivity contribution in [3.05, 3.63) is 30.0 Å². The van der Waals surface area contributed by atoms with Gasteiger partial charge in [-0.25, -0.2) is 9.80 Å². The van der Waals surface area contributed by atoms with Crippen LogP contribution in [-0.4, -0.2) is 56.8 Å². The summed E-state index contributed by atoms with van der Waals surface area (Å²) < 4.78 is 7.26. The van der Waals surface area contributed by atoms with E-state index in [2.05, 4.69) is 0 Å². The Bertz CT molecular complexity index is 625. The molecule has 5 nitrogen and oxygen atoms in total. The molecule has 0 radical (unpaired) electrons. The Morgan fingerprint density at radius 1 is 0.846 bits per heavy atom. The van der Waals surface area contributed by atoms with E-state index in [9.17, 15) is 0 Å². The number of benzene rings is 1. The molecule has 26 heavy (non-hydrogen) atoms. The van der Waals surface area contributed by atoms with Crippen LogP contribution < -0.4 is 9.47 Å². The van der Waals surface area contributed by atoms with E-state index in [1.54, 1.807) is 24.0 Å². The summed E-state index contributed by atoms with van der Waals surface area (Å²) in [6.07, 6.45) is 3.70. The zero-order chi connectivity index (χ0) is 19.5. The van der Waals surface area contributed by atoms with Crippen molar-refractivity contribution in [2.24, 2.45) is 0 Å². The van der Waals surface area contributed by atoms with Crippen molar-refractivity contribution in [2.75, 3.05) is 34.2 Å². The predicted molar refractivity (Wildman–Crippen MR) is 109 cm³/mol. The number of hydrogen-bond donors (Lipinski definition) is 0. The molecule has 1 aliphatic rings. The van der Waals surface area contributed by atoms with Gasteiger partial charge >= 0.3 is 0 Å². The predicted octanol–water partition coefficient (Wildman–Crippen LogP) is 5.12. The van der Waals surface area contributed by atoms with Crippen LogP contribution in [0, 0.1) is 0 Å². The monoisotopic (exact) mass is 481 g/mol. The van der Waals surface area contributed by atoms with Gasteiger partial charge in [0.15, 0.2) is 11.5 Å². The first-order valence-corrected chi connectivity index (χ1v) is 9.59. The highest BCUT2D eigenvalue weighted by Crippen LogP contribution is 2.38. The first-order chi connectivity index (χ1) is 12.0. The fourth-order valence-corrected chi connectivity index (χ4v) is 2.98. The van der Waals surface area contributed by atoms with Gasteiger partial charge in [0.05, 0.1) is 34.2 Å². The maximum absolute atomic E-state index is 6.00. The molecule has 1 aliphatic heterocycles. The molecular weight excluding hydrogens is 467 g/mol. The van der Waals surface area contributed by atoms with Gasteiger partial charge in [-0.3, -0.25) is 0 Å². The van der Waals surface area contributed by atoms with Crippen LogP contribution in [0.25, 0.3) is 6.08 Å². The second-order valence-corrected chi connectivity index (χ2v) is 9.90. The van der Waals surface area contributed by atoms with E-state index < -0.39 is 7.83 Å². The molecule has 0 amide bonds. The fraction of sp³-hybridized carbons (Fsp3) is 0.467. The van der Waals surface area contributed by atoms with E-state index in [0.717, 1.165) is 5.56 Å². The summed E-state index contributed by atoms with van der Waals surface area (Å²) in [4.78, 5) is 4.94. The molecule has 0 unspecified atom stereocenters. The van der Waals surface area contributed by atoms with E-state index >= 15 is 0 Å². The summed E-state index contributed by atoms with van der Waals surface area (Å²) in [5.74, 6) is 1.27. The van der Waals surface area contributed by atoms with Crippen LogP contribution in [0.3, 0.4) is 0 Å². The topological polar surface area (TPSA) is 28.2 Å². The molecule has 1 aromatic carbocycles. The van der Waals surface area contributed by atoms with Crippen molar-refractivity contribution in [3.8, 4) is 11.5 Å². The summed E-state index contributed by atoms with van der Waals surface area (Å²) in [5.41, 5.74) is 0.897. The number of hydrogen-bond acceptors (Lipinski definition) is 5. The van der Waals surface area contributed by atoms with Crippen LogP contribution in [0.5, 0.6) is 11.5 Å². The number of halogens is 6. The van der Waals surface area contributed by atoms with Crippen molar-refractivity contribution < 1.29 is 9.47 Å². The Morgan fingerprint density at radius 2 is 1.38 bits per heavy atom. The lowest BCUT2D eigenvalue weighted by molar-refractivity contribution is -0.00902. The smallest absolute Gasteiger partial charge is 0.250 e. The molecule has 0 spiro atoms. The first kappa shape index (κ1) is 22.3. The van der Waals surface area contributed by atoms with Crippen LogP contribution in [0.4, 0.5) is 0 Å². The number of rotatable bonds is 4. The van der Waals surface area contributed by atoms with Gasteiger partial charge in [0, 0.05) is 6.20 Å². The van der Waals surface area contributed by atoms with Gasteiger partial charge in [-0.1, -0.05) is 75.7 Å². The minimum absolute atomic E-state index is 0.188. The number of ether oxygens (including phenoxy) is 2. The van der Waals surface area contributed by atoms with Crippen molar-refractivity contribution >= 4 is 75.7 Å². The van der Waals surface area contributed by atoms with E-state index in [-0.39, 0.29) is 6.67 Å². The summed E-state index contributed by atoms with van der Waals surface area (Å²) in [7, 11) is 3.16. The molecule has 0 saturated carbocycles. The minimum Gasteiger partial charge on any atom is -0.493 e. The summed E-state index contributed by atoms with van der Waals surface area (Å²) in [5, 5.41) is 0. The zero-order valence-electron chi connectivity index (χ0n) is 13.9. The quantitative estimate of drug-likeness (QED) is 0.437. The van der Waals surface area contributed by atoms with Crippen LogP contribution in [0.15, 0.2) is 24.4 Å². The second-order valence-electron chi connectivity index (χ2n) is 5.46. The Kier molecular flexibility index (Phi) is 7.73. The maximum atomic E-state index is 6.00. The van der Waals surface area contributed by atoms with Gasteiger partial charge in [-0.2, -0.15) is 0 Å². The molecule has 1 saturated heterocycles. The van der Waals surface area contributed by atoms with Gasteiger partial charge in [0.25, 0.3) is 0 Å². The van der Waals surface area contributed by atoms with E-state index in [4.69, 9.17) is 79.1 Å². The maximum Gasteiger partial charge on any atom is 0.250 e. The largest absolute Gasteiger partial charge is 0.493 e. The van der Waals surface area contributed by atoms with Gasteiger partial charge < -0.3 is 14.4 Å². The van der Waals surface area contributed by atoms with Crippen LogP contribution in [-0.2, 0) is 0 Å². The number of methoxy groups -OCH3 is 2. The molecule has 11 heteroatoms. The standard InChI is InChI=1S/C15H17Cl6N3O2/c1-25-12-4-3-11(7-13(12)26-2)5-6-22-8-23(14(16,17)18)10-24(9-22)15(19,20)21/h3-7H,8-10H2,1-2H3. The van der Waals surface area contributed by atoms with Gasteiger partial charge in [0.1, 0.15) is 0 Å². The molecule has 1 heterocycles. The first-order valence-electron chi connectivity index (χ1n) is 7.32. The van der Waals surface area contributed by atoms with Crippen LogP contribution in [0.1, 0.15) is 5.56 Å². The van der Waals surface area contributed by atoms with Gasteiger partial charge in [-0.05, 0) is 23.8 Å². The Morgan fingerprint density at radius 3 is 1.85 bits per heavy atom. The molecule has 146 valence electrons. The van der Waals surface area contributed by atoms with Crippen LogP contribution in [0.2, 0.25) is 0 Å². The molecule has 0 bridgehead atoms. The lowest BCUT2D eigenvalue weighted by Gasteiger charge is -2.46. The minimum atomic E-state index is -1.63. The average Bonchev–Trinajstić information content (AvgIpc) is 2.57. The molecule has 0 aromatic heterocycles. The van der Waals surface area contributed by atoms with Crippen molar-refractivity contribution in [1.82, 2.24) is 14.7 Å². The average molecular weight is 484 g/mol. The molecule has 1 fully saturated rings. The lowest BCUT2D eigenvalue weighted by atomic mass is 10.2. The Hall–Kier alpha value is 0.0200. The highest BCUT2D eigenvalue weighted by Gasteiger charge is 2.41. The Labute approximate surface area is 182 Å². The highest BCUT2D eigenvalue weighted by atomic mass is 35.6. The van der Waals surface area contributed by atoms with Crippen molar-refractivity contribution in [2.45, 2.75) is 7.83 Å². The van der Waals surface area contributed by atoms with Crippen molar-refractivity contribution in [1.29, 1.82) is 0 Å². The van der Waals surface area contributed by atoms with Gasteiger partial charge in [0.2, 0.25) is 7.83 Å².